The molecule has 0 heteroatoms. The minimum absolute atomic E-state index is 0.652. The Morgan fingerprint density at radius 1 is 0.727 bits per heavy atom. The zero-order valence-electron chi connectivity index (χ0n) is 8.04. The molecule has 0 aromatic rings. The third-order valence-corrected chi connectivity index (χ3v) is 1.21. The summed E-state index contributed by atoms with van der Waals surface area (Å²) in [7, 11) is 0. The Morgan fingerprint density at radius 2 is 1.09 bits per heavy atom. The van der Waals surface area contributed by atoms with Gasteiger partial charge in [-0.2, -0.15) is 0 Å². The van der Waals surface area contributed by atoms with Crippen molar-refractivity contribution in [2.75, 3.05) is 0 Å². The Kier molecular flexibility index (Phi) is 5.91. The molecule has 0 heterocycles. The third-order valence-electron chi connectivity index (χ3n) is 1.21. The van der Waals surface area contributed by atoms with Gasteiger partial charge in [-0.25, -0.2) is 0 Å². The highest BCUT2D eigenvalue weighted by molar-refractivity contribution is 5.09. The second-order valence-corrected chi connectivity index (χ2v) is 3.45. The Bertz CT molecular complexity index is 111. The van der Waals surface area contributed by atoms with Gasteiger partial charge in [-0.15, -0.1) is 0 Å². The molecule has 0 aromatic carbocycles. The van der Waals surface area contributed by atoms with E-state index in [1.807, 2.05) is 0 Å². The lowest BCUT2D eigenvalue weighted by molar-refractivity contribution is 0.827. The molecule has 0 bridgehead atoms. The molecule has 0 rings (SSSR count). The van der Waals surface area contributed by atoms with Crippen LogP contribution in [0.2, 0.25) is 0 Å². The number of rotatable bonds is 4. The molecule has 0 aliphatic carbocycles. The van der Waals surface area contributed by atoms with Crippen LogP contribution in [-0.2, 0) is 0 Å². The van der Waals surface area contributed by atoms with Crippen molar-refractivity contribution in [3.05, 3.63) is 30.7 Å². The molecule has 0 saturated carbocycles. The van der Waals surface area contributed by atoms with Gasteiger partial charge in [-0.1, -0.05) is 52.0 Å². The Balaban J connectivity index is 3.41. The van der Waals surface area contributed by atoms with Crippen molar-refractivity contribution in [2.45, 2.75) is 27.7 Å². The van der Waals surface area contributed by atoms with Crippen molar-refractivity contribution in [3.8, 4) is 0 Å². The van der Waals surface area contributed by atoms with Crippen LogP contribution in [0.5, 0.6) is 0 Å². The molecule has 1 radical (unpaired) electrons. The maximum absolute atomic E-state index is 2.19. The van der Waals surface area contributed by atoms with E-state index in [0.29, 0.717) is 11.8 Å². The average Bonchev–Trinajstić information content (AvgIpc) is 1.85. The lowest BCUT2D eigenvalue weighted by Crippen LogP contribution is -1.78. The summed E-state index contributed by atoms with van der Waals surface area (Å²) < 4.78 is 0. The van der Waals surface area contributed by atoms with Gasteiger partial charge in [0.15, 0.2) is 0 Å². The second kappa shape index (κ2) is 6.21. The van der Waals surface area contributed by atoms with Gasteiger partial charge >= 0.3 is 0 Å². The Labute approximate surface area is 71.0 Å². The Hall–Kier alpha value is -0.520. The number of hydrogen-bond donors (Lipinski definition) is 0. The molecule has 0 unspecified atom stereocenters. The molecule has 0 aliphatic heterocycles. The summed E-state index contributed by atoms with van der Waals surface area (Å²) in [5.74, 6) is 1.30. The predicted molar refractivity (Wildman–Crippen MR) is 52.3 cm³/mol. The highest BCUT2D eigenvalue weighted by atomic mass is 13.9. The SMILES string of the molecule is CC(C)/C=C\[CH]/C=C\C(C)C. The summed E-state index contributed by atoms with van der Waals surface area (Å²) in [6.45, 7) is 8.71. The fourth-order valence-corrected chi connectivity index (χ4v) is 0.637. The normalized spacial score (nSPS) is 12.9. The molecule has 11 heavy (non-hydrogen) atoms. The molecule has 0 spiro atoms. The van der Waals surface area contributed by atoms with E-state index in [0.717, 1.165) is 0 Å². The van der Waals surface area contributed by atoms with E-state index in [1.165, 1.54) is 0 Å². The summed E-state index contributed by atoms with van der Waals surface area (Å²) in [5.41, 5.74) is 0. The first-order valence-corrected chi connectivity index (χ1v) is 4.31. The molecule has 0 aliphatic rings. The monoisotopic (exact) mass is 151 g/mol. The highest BCUT2D eigenvalue weighted by Crippen LogP contribution is 1.98. The highest BCUT2D eigenvalue weighted by Gasteiger charge is 1.83. The molecular formula is C11H19. The zero-order chi connectivity index (χ0) is 8.69. The van der Waals surface area contributed by atoms with Gasteiger partial charge in [0.25, 0.3) is 0 Å². The van der Waals surface area contributed by atoms with Crippen molar-refractivity contribution in [1.82, 2.24) is 0 Å². The molecule has 0 saturated heterocycles. The van der Waals surface area contributed by atoms with E-state index in [9.17, 15) is 0 Å². The summed E-state index contributed by atoms with van der Waals surface area (Å²) in [5, 5.41) is 0. The van der Waals surface area contributed by atoms with Crippen LogP contribution in [0.25, 0.3) is 0 Å². The van der Waals surface area contributed by atoms with E-state index < -0.39 is 0 Å². The molecule has 0 aromatic heterocycles. The van der Waals surface area contributed by atoms with Crippen LogP contribution in [-0.4, -0.2) is 0 Å². The Morgan fingerprint density at radius 3 is 1.36 bits per heavy atom. The van der Waals surface area contributed by atoms with Gasteiger partial charge in [-0.05, 0) is 11.8 Å². The minimum atomic E-state index is 0.652. The molecule has 0 atom stereocenters. The van der Waals surface area contributed by atoms with Crippen LogP contribution in [0, 0.1) is 18.3 Å². The average molecular weight is 151 g/mol. The van der Waals surface area contributed by atoms with Crippen LogP contribution in [0.3, 0.4) is 0 Å². The summed E-state index contributed by atoms with van der Waals surface area (Å²) in [6.07, 6.45) is 10.7. The largest absolute Gasteiger partial charge is 0.0853 e. The molecule has 0 N–H and O–H groups in total. The van der Waals surface area contributed by atoms with Crippen LogP contribution in [0.15, 0.2) is 24.3 Å². The van der Waals surface area contributed by atoms with Gasteiger partial charge in [0.2, 0.25) is 0 Å². The third kappa shape index (κ3) is 9.48. The molecule has 0 amide bonds. The summed E-state index contributed by atoms with van der Waals surface area (Å²) in [6, 6.07) is 0. The van der Waals surface area contributed by atoms with Crippen LogP contribution >= 0.6 is 0 Å². The van der Waals surface area contributed by atoms with Crippen molar-refractivity contribution >= 4 is 0 Å². The van der Waals surface area contributed by atoms with E-state index in [2.05, 4.69) is 58.4 Å². The van der Waals surface area contributed by atoms with E-state index in [1.54, 1.807) is 0 Å². The first-order chi connectivity index (χ1) is 5.13. The number of allylic oxidation sites excluding steroid dienone is 4. The van der Waals surface area contributed by atoms with Crippen molar-refractivity contribution in [2.24, 2.45) is 11.8 Å². The summed E-state index contributed by atoms with van der Waals surface area (Å²) in [4.78, 5) is 0. The van der Waals surface area contributed by atoms with Crippen molar-refractivity contribution < 1.29 is 0 Å². The second-order valence-electron chi connectivity index (χ2n) is 3.45. The van der Waals surface area contributed by atoms with Crippen LogP contribution in [0.4, 0.5) is 0 Å². The lowest BCUT2D eigenvalue weighted by atomic mass is 10.1. The van der Waals surface area contributed by atoms with Crippen LogP contribution in [0.1, 0.15) is 27.7 Å². The maximum Gasteiger partial charge on any atom is 0.00443 e. The van der Waals surface area contributed by atoms with Gasteiger partial charge in [0.1, 0.15) is 0 Å². The predicted octanol–water partition coefficient (Wildman–Crippen LogP) is 3.62. The maximum atomic E-state index is 2.19. The smallest absolute Gasteiger partial charge is 0.00443 e. The van der Waals surface area contributed by atoms with E-state index in [4.69, 9.17) is 0 Å². The number of hydrogen-bond acceptors (Lipinski definition) is 0. The first-order valence-electron chi connectivity index (χ1n) is 4.31. The standard InChI is InChI=1S/C11H19/c1-10(2)8-6-5-7-9-11(3)4/h5-11H,1-4H3/b8-6-,9-7-. The molecular weight excluding hydrogens is 132 g/mol. The van der Waals surface area contributed by atoms with Gasteiger partial charge in [-0.3, -0.25) is 0 Å². The lowest BCUT2D eigenvalue weighted by Gasteiger charge is -1.92. The van der Waals surface area contributed by atoms with Crippen LogP contribution < -0.4 is 0 Å². The molecule has 0 fully saturated rings. The van der Waals surface area contributed by atoms with E-state index >= 15 is 0 Å². The van der Waals surface area contributed by atoms with Crippen molar-refractivity contribution in [3.63, 3.8) is 0 Å². The quantitative estimate of drug-likeness (QED) is 0.575. The molecule has 63 valence electrons. The molecule has 0 nitrogen and oxygen atoms in total. The topological polar surface area (TPSA) is 0 Å². The fourth-order valence-electron chi connectivity index (χ4n) is 0.637. The van der Waals surface area contributed by atoms with E-state index in [-0.39, 0.29) is 0 Å². The van der Waals surface area contributed by atoms with Gasteiger partial charge in [0.05, 0.1) is 0 Å². The minimum Gasteiger partial charge on any atom is -0.0853 e. The first kappa shape index (κ1) is 10.5. The zero-order valence-corrected chi connectivity index (χ0v) is 8.04. The fraction of sp³-hybridized carbons (Fsp3) is 0.545. The van der Waals surface area contributed by atoms with Gasteiger partial charge in [0, 0.05) is 6.42 Å². The van der Waals surface area contributed by atoms with Crippen molar-refractivity contribution in [1.29, 1.82) is 0 Å². The summed E-state index contributed by atoms with van der Waals surface area (Å²) >= 11 is 0. The van der Waals surface area contributed by atoms with Gasteiger partial charge < -0.3 is 0 Å².